The summed E-state index contributed by atoms with van der Waals surface area (Å²) in [6.07, 6.45) is 1.46. The topological polar surface area (TPSA) is 97.8 Å². The Morgan fingerprint density at radius 3 is 2.63 bits per heavy atom. The third kappa shape index (κ3) is 4.33. The third-order valence-corrected chi connectivity index (χ3v) is 3.73. The lowest BCUT2D eigenvalue weighted by atomic mass is 10.1. The van der Waals surface area contributed by atoms with Crippen LogP contribution in [0.3, 0.4) is 0 Å². The zero-order valence-electron chi connectivity index (χ0n) is 14.6. The van der Waals surface area contributed by atoms with Crippen molar-refractivity contribution in [3.8, 4) is 17.2 Å². The van der Waals surface area contributed by atoms with Crippen molar-refractivity contribution < 1.29 is 24.2 Å². The van der Waals surface area contributed by atoms with Gasteiger partial charge in [-0.1, -0.05) is 18.2 Å². The number of aromatic nitrogens is 1. The van der Waals surface area contributed by atoms with E-state index < -0.39 is 11.9 Å². The van der Waals surface area contributed by atoms with E-state index in [0.717, 1.165) is 0 Å². The summed E-state index contributed by atoms with van der Waals surface area (Å²) < 4.78 is 10.5. The molecule has 3 aromatic rings. The van der Waals surface area contributed by atoms with Crippen molar-refractivity contribution >= 4 is 22.6 Å². The zero-order chi connectivity index (χ0) is 19.2. The van der Waals surface area contributed by atoms with E-state index in [1.54, 1.807) is 25.1 Å². The van der Waals surface area contributed by atoms with E-state index in [1.807, 2.05) is 30.3 Å². The van der Waals surface area contributed by atoms with Gasteiger partial charge in [0.1, 0.15) is 18.0 Å². The Hall–Kier alpha value is -3.61. The summed E-state index contributed by atoms with van der Waals surface area (Å²) in [6, 6.07) is 14.3. The predicted octanol–water partition coefficient (Wildman–Crippen LogP) is 3.03. The molecule has 0 fully saturated rings. The molecule has 1 heterocycles. The molecule has 0 saturated heterocycles. The number of ether oxygens (including phenoxy) is 2. The fourth-order valence-corrected chi connectivity index (χ4v) is 2.49. The second-order valence-corrected chi connectivity index (χ2v) is 5.61. The number of carbonyl (C=O) groups excluding carboxylic acids is 2. The number of rotatable bonds is 6. The molecule has 1 amide bonds. The molecule has 138 valence electrons. The van der Waals surface area contributed by atoms with Crippen molar-refractivity contribution in [1.29, 1.82) is 0 Å². The quantitative estimate of drug-likeness (QED) is 0.651. The van der Waals surface area contributed by atoms with Crippen LogP contribution < -0.4 is 10.1 Å². The number of esters is 1. The number of aromatic hydroxyl groups is 1. The first-order valence-corrected chi connectivity index (χ1v) is 8.37. The first kappa shape index (κ1) is 18.2. The molecule has 0 unspecified atom stereocenters. The van der Waals surface area contributed by atoms with Crippen LogP contribution in [0.5, 0.6) is 17.2 Å². The molecule has 0 bridgehead atoms. The van der Waals surface area contributed by atoms with Crippen molar-refractivity contribution in [3.05, 3.63) is 60.4 Å². The van der Waals surface area contributed by atoms with Crippen LogP contribution in [0.2, 0.25) is 0 Å². The van der Waals surface area contributed by atoms with Crippen molar-refractivity contribution in [2.24, 2.45) is 0 Å². The minimum absolute atomic E-state index is 0.163. The number of nitrogens with zero attached hydrogens (tertiary/aromatic N) is 1. The summed E-state index contributed by atoms with van der Waals surface area (Å²) in [5.74, 6) is -0.223. The summed E-state index contributed by atoms with van der Waals surface area (Å²) >= 11 is 0. The summed E-state index contributed by atoms with van der Waals surface area (Å²) in [6.45, 7) is 1.60. The molecule has 7 nitrogen and oxygen atoms in total. The lowest BCUT2D eigenvalue weighted by Gasteiger charge is -2.10. The molecule has 2 aromatic carbocycles. The maximum absolute atomic E-state index is 12.2. The first-order chi connectivity index (χ1) is 13.1. The number of amides is 1. The molecule has 0 aliphatic rings. The van der Waals surface area contributed by atoms with Crippen LogP contribution in [-0.4, -0.2) is 35.1 Å². The number of hydrogen-bond donors (Lipinski definition) is 2. The van der Waals surface area contributed by atoms with Gasteiger partial charge in [-0.15, -0.1) is 0 Å². The highest BCUT2D eigenvalue weighted by Gasteiger charge is 2.17. The Labute approximate surface area is 155 Å². The van der Waals surface area contributed by atoms with Crippen LogP contribution in [0.1, 0.15) is 17.4 Å². The van der Waals surface area contributed by atoms with Gasteiger partial charge in [0.25, 0.3) is 5.91 Å². The number of benzene rings is 2. The molecule has 2 N–H and O–H groups in total. The standard InChI is InChI=1S/C20H18N2O5/c1-2-26-17(23)12-22-20(25)18-19(24)16-9-8-15(10-13(16)11-21-18)27-14-6-4-3-5-7-14/h3-11,24H,2,12H2,1H3,(H,22,25). The van der Waals surface area contributed by atoms with Gasteiger partial charge in [-0.05, 0) is 37.3 Å². The highest BCUT2D eigenvalue weighted by atomic mass is 16.5. The fraction of sp³-hybridized carbons (Fsp3) is 0.150. The lowest BCUT2D eigenvalue weighted by Crippen LogP contribution is -2.31. The monoisotopic (exact) mass is 366 g/mol. The highest BCUT2D eigenvalue weighted by Crippen LogP contribution is 2.31. The van der Waals surface area contributed by atoms with Gasteiger partial charge in [-0.25, -0.2) is 4.98 Å². The fourth-order valence-electron chi connectivity index (χ4n) is 2.49. The zero-order valence-corrected chi connectivity index (χ0v) is 14.6. The third-order valence-electron chi connectivity index (χ3n) is 3.73. The van der Waals surface area contributed by atoms with Gasteiger partial charge in [-0.3, -0.25) is 9.59 Å². The second kappa shape index (κ2) is 8.18. The van der Waals surface area contributed by atoms with Crippen LogP contribution in [0.15, 0.2) is 54.7 Å². The van der Waals surface area contributed by atoms with Crippen LogP contribution in [0.4, 0.5) is 0 Å². The SMILES string of the molecule is CCOC(=O)CNC(=O)c1ncc2cc(Oc3ccccc3)ccc2c1O. The average molecular weight is 366 g/mol. The number of para-hydroxylation sites is 1. The number of hydrogen-bond acceptors (Lipinski definition) is 6. The Balaban J connectivity index is 1.79. The Morgan fingerprint density at radius 1 is 1.11 bits per heavy atom. The van der Waals surface area contributed by atoms with Crippen molar-refractivity contribution in [1.82, 2.24) is 10.3 Å². The van der Waals surface area contributed by atoms with Gasteiger partial charge in [0, 0.05) is 17.0 Å². The predicted molar refractivity (Wildman–Crippen MR) is 98.9 cm³/mol. The molecule has 0 spiro atoms. The maximum atomic E-state index is 12.2. The van der Waals surface area contributed by atoms with Gasteiger partial charge in [-0.2, -0.15) is 0 Å². The minimum atomic E-state index is -0.660. The van der Waals surface area contributed by atoms with Crippen LogP contribution >= 0.6 is 0 Å². The molecular weight excluding hydrogens is 348 g/mol. The average Bonchev–Trinajstić information content (AvgIpc) is 2.67. The van der Waals surface area contributed by atoms with Crippen molar-refractivity contribution in [2.75, 3.05) is 13.2 Å². The van der Waals surface area contributed by atoms with Gasteiger partial charge in [0.2, 0.25) is 0 Å². The molecule has 3 rings (SSSR count). The number of carbonyl (C=O) groups is 2. The lowest BCUT2D eigenvalue weighted by molar-refractivity contribution is -0.141. The van der Waals surface area contributed by atoms with Crippen LogP contribution in [-0.2, 0) is 9.53 Å². The smallest absolute Gasteiger partial charge is 0.325 e. The summed E-state index contributed by atoms with van der Waals surface area (Å²) in [4.78, 5) is 27.5. The molecule has 0 radical (unpaired) electrons. The molecule has 0 aliphatic heterocycles. The van der Waals surface area contributed by atoms with E-state index in [9.17, 15) is 14.7 Å². The first-order valence-electron chi connectivity index (χ1n) is 8.37. The van der Waals surface area contributed by atoms with Gasteiger partial charge < -0.3 is 19.9 Å². The van der Waals surface area contributed by atoms with Gasteiger partial charge in [0.05, 0.1) is 6.61 Å². The van der Waals surface area contributed by atoms with E-state index in [-0.39, 0.29) is 24.6 Å². The van der Waals surface area contributed by atoms with Gasteiger partial charge in [0.15, 0.2) is 11.4 Å². The Bertz CT molecular complexity index is 973. The largest absolute Gasteiger partial charge is 0.505 e. The van der Waals surface area contributed by atoms with E-state index in [1.165, 1.54) is 6.20 Å². The molecule has 1 aromatic heterocycles. The molecule has 0 saturated carbocycles. The normalized spacial score (nSPS) is 10.4. The number of fused-ring (bicyclic) bond motifs is 1. The minimum Gasteiger partial charge on any atom is -0.505 e. The van der Waals surface area contributed by atoms with Crippen LogP contribution in [0.25, 0.3) is 10.8 Å². The number of nitrogens with one attached hydrogen (secondary N) is 1. The molecule has 7 heteroatoms. The van der Waals surface area contributed by atoms with Crippen molar-refractivity contribution in [2.45, 2.75) is 6.92 Å². The van der Waals surface area contributed by atoms with E-state index in [4.69, 9.17) is 9.47 Å². The second-order valence-electron chi connectivity index (χ2n) is 5.61. The molecular formula is C20H18N2O5. The summed E-state index contributed by atoms with van der Waals surface area (Å²) in [5, 5.41) is 13.8. The summed E-state index contributed by atoms with van der Waals surface area (Å²) in [7, 11) is 0. The Morgan fingerprint density at radius 2 is 1.89 bits per heavy atom. The highest BCUT2D eigenvalue weighted by molar-refractivity contribution is 6.02. The summed E-state index contributed by atoms with van der Waals surface area (Å²) in [5.41, 5.74) is -0.163. The maximum Gasteiger partial charge on any atom is 0.325 e. The molecule has 27 heavy (non-hydrogen) atoms. The number of pyridine rings is 1. The molecule has 0 atom stereocenters. The van der Waals surface area contributed by atoms with Gasteiger partial charge >= 0.3 is 5.97 Å². The van der Waals surface area contributed by atoms with E-state index in [0.29, 0.717) is 22.3 Å². The molecule has 0 aliphatic carbocycles. The van der Waals surface area contributed by atoms with Crippen LogP contribution in [0, 0.1) is 0 Å². The Kier molecular flexibility index (Phi) is 5.51. The van der Waals surface area contributed by atoms with E-state index in [2.05, 4.69) is 10.3 Å². The van der Waals surface area contributed by atoms with Crippen molar-refractivity contribution in [3.63, 3.8) is 0 Å². The van der Waals surface area contributed by atoms with E-state index >= 15 is 0 Å².